The zero-order chi connectivity index (χ0) is 14.5. The molecule has 0 fully saturated rings. The van der Waals surface area contributed by atoms with Crippen LogP contribution in [0.4, 0.5) is 4.39 Å². The molecule has 0 amide bonds. The molecule has 0 spiro atoms. The van der Waals surface area contributed by atoms with Gasteiger partial charge in [0.1, 0.15) is 18.2 Å². The third kappa shape index (κ3) is 3.33. The maximum Gasteiger partial charge on any atom is 0.335 e. The topological polar surface area (TPSA) is 66.8 Å². The summed E-state index contributed by atoms with van der Waals surface area (Å²) in [7, 11) is 0. The van der Waals surface area contributed by atoms with E-state index in [9.17, 15) is 9.18 Å². The highest BCUT2D eigenvalue weighted by atomic mass is 19.1. The van der Waals surface area contributed by atoms with Crippen LogP contribution in [0.1, 0.15) is 21.5 Å². The van der Waals surface area contributed by atoms with Gasteiger partial charge in [0.25, 0.3) is 0 Å². The number of ether oxygens (including phenoxy) is 1. The molecule has 0 heterocycles. The molecule has 0 atom stereocenters. The van der Waals surface area contributed by atoms with Crippen LogP contribution in [-0.2, 0) is 13.2 Å². The predicted molar refractivity (Wildman–Crippen MR) is 70.1 cm³/mol. The van der Waals surface area contributed by atoms with Gasteiger partial charge in [-0.2, -0.15) is 0 Å². The van der Waals surface area contributed by atoms with Gasteiger partial charge in [0.05, 0.1) is 12.2 Å². The summed E-state index contributed by atoms with van der Waals surface area (Å²) in [5.41, 5.74) is 0.812. The number of rotatable bonds is 5. The second-order valence-electron chi connectivity index (χ2n) is 4.21. The quantitative estimate of drug-likeness (QED) is 0.881. The molecular weight excluding hydrogens is 263 g/mol. The molecule has 5 heteroatoms. The fraction of sp³-hybridized carbons (Fsp3) is 0.133. The Labute approximate surface area is 115 Å². The first-order valence-electron chi connectivity index (χ1n) is 5.94. The van der Waals surface area contributed by atoms with Gasteiger partial charge in [-0.3, -0.25) is 0 Å². The molecule has 0 aliphatic rings. The molecule has 0 unspecified atom stereocenters. The van der Waals surface area contributed by atoms with Crippen LogP contribution in [0.3, 0.4) is 0 Å². The summed E-state index contributed by atoms with van der Waals surface area (Å²) in [5.74, 6) is -1.22. The van der Waals surface area contributed by atoms with Crippen molar-refractivity contribution in [3.8, 4) is 5.75 Å². The molecule has 2 aromatic rings. The highest BCUT2D eigenvalue weighted by molar-refractivity contribution is 5.88. The molecule has 0 radical (unpaired) electrons. The molecule has 0 saturated carbocycles. The minimum absolute atomic E-state index is 0.0133. The predicted octanol–water partition coefficient (Wildman–Crippen LogP) is 2.60. The molecule has 0 aromatic heterocycles. The van der Waals surface area contributed by atoms with Crippen LogP contribution >= 0.6 is 0 Å². The van der Waals surface area contributed by atoms with Gasteiger partial charge < -0.3 is 14.9 Å². The lowest BCUT2D eigenvalue weighted by Gasteiger charge is -2.09. The van der Waals surface area contributed by atoms with Gasteiger partial charge in [-0.1, -0.05) is 18.2 Å². The largest absolute Gasteiger partial charge is 0.489 e. The highest BCUT2D eigenvalue weighted by Crippen LogP contribution is 2.19. The van der Waals surface area contributed by atoms with Crippen LogP contribution in [0.2, 0.25) is 0 Å². The summed E-state index contributed by atoms with van der Waals surface area (Å²) in [6.07, 6.45) is 0. The van der Waals surface area contributed by atoms with E-state index in [4.69, 9.17) is 14.9 Å². The van der Waals surface area contributed by atoms with Gasteiger partial charge in [0.2, 0.25) is 0 Å². The lowest BCUT2D eigenvalue weighted by Crippen LogP contribution is -2.02. The summed E-state index contributed by atoms with van der Waals surface area (Å²) >= 11 is 0. The van der Waals surface area contributed by atoms with Crippen molar-refractivity contribution < 1.29 is 24.1 Å². The average Bonchev–Trinajstić information content (AvgIpc) is 2.46. The number of carbonyl (C=O) groups is 1. The van der Waals surface area contributed by atoms with Crippen molar-refractivity contribution in [2.45, 2.75) is 13.2 Å². The Morgan fingerprint density at radius 2 is 1.95 bits per heavy atom. The van der Waals surface area contributed by atoms with Gasteiger partial charge in [-0.15, -0.1) is 0 Å². The Bertz CT molecular complexity index is 625. The molecule has 0 bridgehead atoms. The number of hydrogen-bond donors (Lipinski definition) is 2. The maximum atomic E-state index is 13.4. The van der Waals surface area contributed by atoms with Crippen molar-refractivity contribution in [1.29, 1.82) is 0 Å². The zero-order valence-corrected chi connectivity index (χ0v) is 10.5. The number of halogens is 1. The third-order valence-corrected chi connectivity index (χ3v) is 2.75. The van der Waals surface area contributed by atoms with Crippen LogP contribution < -0.4 is 4.74 Å². The van der Waals surface area contributed by atoms with Crippen molar-refractivity contribution in [2.75, 3.05) is 0 Å². The average molecular weight is 276 g/mol. The monoisotopic (exact) mass is 276 g/mol. The van der Waals surface area contributed by atoms with Gasteiger partial charge in [0.15, 0.2) is 0 Å². The van der Waals surface area contributed by atoms with Crippen molar-refractivity contribution in [1.82, 2.24) is 0 Å². The number of carboxylic acid groups (broad SMARTS) is 1. The Balaban J connectivity index is 2.19. The van der Waals surface area contributed by atoms with Gasteiger partial charge in [-0.25, -0.2) is 9.18 Å². The maximum absolute atomic E-state index is 13.4. The second-order valence-corrected chi connectivity index (χ2v) is 4.21. The number of benzene rings is 2. The molecule has 4 nitrogen and oxygen atoms in total. The normalized spacial score (nSPS) is 10.3. The smallest absolute Gasteiger partial charge is 0.335 e. The van der Waals surface area contributed by atoms with Crippen molar-refractivity contribution in [2.24, 2.45) is 0 Å². The van der Waals surface area contributed by atoms with Gasteiger partial charge >= 0.3 is 5.97 Å². The van der Waals surface area contributed by atoms with E-state index in [0.29, 0.717) is 11.1 Å². The highest BCUT2D eigenvalue weighted by Gasteiger charge is 2.08. The molecule has 0 aliphatic heterocycles. The first-order chi connectivity index (χ1) is 9.60. The molecule has 2 N–H and O–H groups in total. The van der Waals surface area contributed by atoms with E-state index >= 15 is 0 Å². The van der Waals surface area contributed by atoms with E-state index in [2.05, 4.69) is 0 Å². The Morgan fingerprint density at radius 1 is 1.20 bits per heavy atom. The number of carboxylic acids is 1. The molecule has 2 rings (SSSR count). The molecule has 104 valence electrons. The first kappa shape index (κ1) is 14.0. The number of hydrogen-bond acceptors (Lipinski definition) is 3. The molecule has 2 aromatic carbocycles. The van der Waals surface area contributed by atoms with Crippen LogP contribution in [0.15, 0.2) is 42.5 Å². The summed E-state index contributed by atoms with van der Waals surface area (Å²) < 4.78 is 18.8. The minimum atomic E-state index is -1.11. The van der Waals surface area contributed by atoms with Crippen LogP contribution in [-0.4, -0.2) is 16.2 Å². The zero-order valence-electron chi connectivity index (χ0n) is 10.5. The van der Waals surface area contributed by atoms with Gasteiger partial charge in [-0.05, 0) is 29.8 Å². The number of aliphatic hydroxyl groups is 1. The molecule has 20 heavy (non-hydrogen) atoms. The van der Waals surface area contributed by atoms with E-state index in [0.717, 1.165) is 0 Å². The Morgan fingerprint density at radius 3 is 2.60 bits per heavy atom. The minimum Gasteiger partial charge on any atom is -0.489 e. The van der Waals surface area contributed by atoms with Crippen LogP contribution in [0, 0.1) is 5.82 Å². The van der Waals surface area contributed by atoms with Crippen LogP contribution in [0.5, 0.6) is 5.75 Å². The van der Waals surface area contributed by atoms with E-state index in [1.807, 2.05) is 0 Å². The van der Waals surface area contributed by atoms with E-state index in [1.54, 1.807) is 18.2 Å². The van der Waals surface area contributed by atoms with Crippen molar-refractivity contribution in [3.63, 3.8) is 0 Å². The summed E-state index contributed by atoms with van der Waals surface area (Å²) in [6.45, 7) is -0.308. The molecule has 0 aliphatic carbocycles. The molecular formula is C15H13FO4. The van der Waals surface area contributed by atoms with Crippen molar-refractivity contribution in [3.05, 3.63) is 65.0 Å². The molecule has 0 saturated heterocycles. The SMILES string of the molecule is O=C(O)c1cc(CO)cc(OCc2ccccc2F)c1. The Kier molecular flexibility index (Phi) is 4.32. The van der Waals surface area contributed by atoms with Crippen molar-refractivity contribution >= 4 is 5.97 Å². The van der Waals surface area contributed by atoms with E-state index in [-0.39, 0.29) is 30.3 Å². The van der Waals surface area contributed by atoms with E-state index in [1.165, 1.54) is 24.3 Å². The second kappa shape index (κ2) is 6.16. The fourth-order valence-electron chi connectivity index (χ4n) is 1.74. The summed E-state index contributed by atoms with van der Waals surface area (Å²) in [4.78, 5) is 11.0. The number of aliphatic hydroxyl groups excluding tert-OH is 1. The summed E-state index contributed by atoms with van der Waals surface area (Å²) in [5, 5.41) is 18.1. The standard InChI is InChI=1S/C15H13FO4/c16-14-4-2-1-3-11(14)9-20-13-6-10(8-17)5-12(7-13)15(18)19/h1-7,17H,8-9H2,(H,18,19). The number of aromatic carboxylic acids is 1. The van der Waals surface area contributed by atoms with Crippen LogP contribution in [0.25, 0.3) is 0 Å². The third-order valence-electron chi connectivity index (χ3n) is 2.75. The summed E-state index contributed by atoms with van der Waals surface area (Å²) in [6, 6.07) is 10.4. The lowest BCUT2D eigenvalue weighted by atomic mass is 10.1. The Hall–Kier alpha value is -2.40. The fourth-order valence-corrected chi connectivity index (χ4v) is 1.74. The lowest BCUT2D eigenvalue weighted by molar-refractivity contribution is 0.0696. The van der Waals surface area contributed by atoms with Gasteiger partial charge in [0, 0.05) is 5.56 Å². The first-order valence-corrected chi connectivity index (χ1v) is 5.94. The van der Waals surface area contributed by atoms with E-state index < -0.39 is 5.97 Å².